The summed E-state index contributed by atoms with van der Waals surface area (Å²) in [6.07, 6.45) is 1.62. The monoisotopic (exact) mass is 435 g/mol. The van der Waals surface area contributed by atoms with E-state index in [4.69, 9.17) is 4.74 Å². The summed E-state index contributed by atoms with van der Waals surface area (Å²) in [6, 6.07) is 13.7. The van der Waals surface area contributed by atoms with Gasteiger partial charge in [0.1, 0.15) is 0 Å². The fraction of sp³-hybridized carbons (Fsp3) is 0.364. The first kappa shape index (κ1) is 25.4. The van der Waals surface area contributed by atoms with Gasteiger partial charge in [-0.2, -0.15) is 0 Å². The van der Waals surface area contributed by atoms with Crippen LogP contribution in [0.4, 0.5) is 21.9 Å². The largest absolute Gasteiger partial charge is 0.450 e. The van der Waals surface area contributed by atoms with E-state index in [2.05, 4.69) is 11.4 Å². The van der Waals surface area contributed by atoms with Gasteiger partial charge in [-0.1, -0.05) is 24.3 Å². The molecule has 164 valence electrons. The van der Waals surface area contributed by atoms with Gasteiger partial charge in [-0.05, 0) is 63.2 Å². The first-order valence-electron chi connectivity index (χ1n) is 9.62. The van der Waals surface area contributed by atoms with Gasteiger partial charge in [0.25, 0.3) is 0 Å². The summed E-state index contributed by atoms with van der Waals surface area (Å²) in [5.74, 6) is 0.0394. The molecule has 1 heterocycles. The number of amides is 2. The van der Waals surface area contributed by atoms with Gasteiger partial charge >= 0.3 is 6.09 Å². The van der Waals surface area contributed by atoms with Crippen molar-refractivity contribution in [2.24, 2.45) is 0 Å². The Labute approximate surface area is 183 Å². The lowest BCUT2D eigenvalue weighted by Crippen LogP contribution is -2.30. The Morgan fingerprint density at radius 1 is 1.07 bits per heavy atom. The average Bonchev–Trinajstić information content (AvgIpc) is 2.83. The molecule has 0 unspecified atom stereocenters. The minimum absolute atomic E-state index is 0. The van der Waals surface area contributed by atoms with Crippen molar-refractivity contribution in [3.63, 3.8) is 0 Å². The highest BCUT2D eigenvalue weighted by molar-refractivity contribution is 6.03. The minimum atomic E-state index is -0.498. The van der Waals surface area contributed by atoms with E-state index in [1.54, 1.807) is 11.8 Å². The topological polar surface area (TPSA) is 93.4 Å². The fourth-order valence-corrected chi connectivity index (χ4v) is 3.39. The molecule has 1 aliphatic rings. The van der Waals surface area contributed by atoms with Gasteiger partial charge in [-0.3, -0.25) is 15.0 Å². The molecule has 0 saturated heterocycles. The van der Waals surface area contributed by atoms with Gasteiger partial charge in [0, 0.05) is 18.7 Å². The lowest BCUT2D eigenvalue weighted by Gasteiger charge is -2.26. The van der Waals surface area contributed by atoms with Crippen LogP contribution in [0.15, 0.2) is 42.5 Å². The molecule has 8 heteroatoms. The summed E-state index contributed by atoms with van der Waals surface area (Å²) in [4.78, 5) is 28.8. The van der Waals surface area contributed by atoms with E-state index in [9.17, 15) is 9.59 Å². The lowest BCUT2D eigenvalue weighted by molar-refractivity contribution is -0.118. The molecule has 3 N–H and O–H groups in total. The van der Waals surface area contributed by atoms with E-state index in [1.807, 2.05) is 55.4 Å². The van der Waals surface area contributed by atoms with Crippen LogP contribution in [0, 0.1) is 0 Å². The third-order valence-electron chi connectivity index (χ3n) is 4.77. The van der Waals surface area contributed by atoms with E-state index in [-0.39, 0.29) is 23.8 Å². The maximum Gasteiger partial charge on any atom is 0.411 e. The second-order valence-electron chi connectivity index (χ2n) is 7.10. The van der Waals surface area contributed by atoms with Gasteiger partial charge in [0.05, 0.1) is 18.0 Å². The summed E-state index contributed by atoms with van der Waals surface area (Å²) in [5, 5.41) is 2.74. The van der Waals surface area contributed by atoms with Crippen LogP contribution >= 0.6 is 12.4 Å². The van der Waals surface area contributed by atoms with E-state index < -0.39 is 6.09 Å². The Balaban J connectivity index is 0.00000225. The van der Waals surface area contributed by atoms with Gasteiger partial charge < -0.3 is 15.1 Å². The van der Waals surface area contributed by atoms with Crippen LogP contribution in [0.1, 0.15) is 24.5 Å². The molecular formula is C22H30ClN3O4. The molecule has 2 aromatic rings. The highest BCUT2D eigenvalue weighted by Crippen LogP contribution is 2.38. The first-order valence-corrected chi connectivity index (χ1v) is 9.62. The van der Waals surface area contributed by atoms with Crippen LogP contribution in [-0.2, 0) is 22.4 Å². The number of fused-ring (bicyclic) bond motifs is 2. The van der Waals surface area contributed by atoms with E-state index in [1.165, 1.54) is 0 Å². The molecule has 2 amide bonds. The molecular weight excluding hydrogens is 406 g/mol. The summed E-state index contributed by atoms with van der Waals surface area (Å²) in [5.41, 5.74) is 4.59. The number of carbonyl (C=O) groups excluding carboxylic acids is 2. The molecule has 0 atom stereocenters. The van der Waals surface area contributed by atoms with Crippen LogP contribution in [0.3, 0.4) is 0 Å². The second-order valence-corrected chi connectivity index (χ2v) is 7.10. The molecule has 2 aromatic carbocycles. The molecule has 0 spiro atoms. The predicted octanol–water partition coefficient (Wildman–Crippen LogP) is 3.57. The Kier molecular flexibility index (Phi) is 9.78. The number of benzene rings is 2. The van der Waals surface area contributed by atoms with Crippen molar-refractivity contribution >= 4 is 41.5 Å². The van der Waals surface area contributed by atoms with Crippen molar-refractivity contribution in [1.82, 2.24) is 4.90 Å². The molecule has 1 aliphatic heterocycles. The second kappa shape index (κ2) is 11.5. The van der Waals surface area contributed by atoms with Crippen LogP contribution < -0.4 is 10.2 Å². The van der Waals surface area contributed by atoms with Crippen molar-refractivity contribution in [2.75, 3.05) is 37.5 Å². The third-order valence-corrected chi connectivity index (χ3v) is 4.77. The van der Waals surface area contributed by atoms with E-state index in [0.717, 1.165) is 35.3 Å². The molecule has 0 bridgehead atoms. The highest BCUT2D eigenvalue weighted by Gasteiger charge is 2.26. The molecule has 30 heavy (non-hydrogen) atoms. The number of para-hydroxylation sites is 1. The Hall–Kier alpha value is -2.61. The average molecular weight is 436 g/mol. The zero-order valence-electron chi connectivity index (χ0n) is 17.6. The lowest BCUT2D eigenvalue weighted by atomic mass is 10.0. The number of anilines is 3. The molecule has 0 aromatic heterocycles. The van der Waals surface area contributed by atoms with Crippen molar-refractivity contribution < 1.29 is 19.8 Å². The van der Waals surface area contributed by atoms with Crippen molar-refractivity contribution in [3.05, 3.63) is 53.6 Å². The van der Waals surface area contributed by atoms with Crippen LogP contribution in [-0.4, -0.2) is 49.6 Å². The number of hydrogen-bond donors (Lipinski definition) is 1. The summed E-state index contributed by atoms with van der Waals surface area (Å²) >= 11 is 0. The van der Waals surface area contributed by atoms with Crippen LogP contribution in [0.5, 0.6) is 0 Å². The predicted molar refractivity (Wildman–Crippen MR) is 122 cm³/mol. The maximum atomic E-state index is 13.2. The summed E-state index contributed by atoms with van der Waals surface area (Å²) in [7, 11) is 3.91. The number of nitrogens with zero attached hydrogens (tertiary/aromatic N) is 2. The SMILES string of the molecule is CCOC(=O)Nc1ccc2c(c1)N(C(=O)CCN(C)C)c1ccccc1CC2.Cl.O. The fourth-order valence-electron chi connectivity index (χ4n) is 3.39. The van der Waals surface area contributed by atoms with Crippen molar-refractivity contribution in [3.8, 4) is 0 Å². The number of hydrogen-bond acceptors (Lipinski definition) is 4. The van der Waals surface area contributed by atoms with E-state index >= 15 is 0 Å². The number of aryl methyl sites for hydroxylation is 2. The van der Waals surface area contributed by atoms with Crippen molar-refractivity contribution in [2.45, 2.75) is 26.2 Å². The van der Waals surface area contributed by atoms with Crippen molar-refractivity contribution in [1.29, 1.82) is 0 Å². The molecule has 0 radical (unpaired) electrons. The molecule has 0 aliphatic carbocycles. The van der Waals surface area contributed by atoms with Gasteiger partial charge in [-0.15, -0.1) is 12.4 Å². The molecule has 0 saturated carbocycles. The molecule has 3 rings (SSSR count). The Morgan fingerprint density at radius 3 is 2.40 bits per heavy atom. The van der Waals surface area contributed by atoms with Gasteiger partial charge in [-0.25, -0.2) is 4.79 Å². The number of nitrogens with one attached hydrogen (secondary N) is 1. The highest BCUT2D eigenvalue weighted by atomic mass is 35.5. The summed E-state index contributed by atoms with van der Waals surface area (Å²) < 4.78 is 4.97. The van der Waals surface area contributed by atoms with E-state index in [0.29, 0.717) is 25.3 Å². The third kappa shape index (κ3) is 5.95. The number of halogens is 1. The zero-order valence-corrected chi connectivity index (χ0v) is 18.4. The standard InChI is InChI=1S/C22H27N3O3.ClH.H2O/c1-4-28-22(27)23-18-12-11-17-10-9-16-7-5-6-8-19(16)25(20(17)15-18)21(26)13-14-24(2)3;;/h5-8,11-12,15H,4,9-10,13-14H2,1-3H3,(H,23,27);1H;1H2. The smallest absolute Gasteiger partial charge is 0.411 e. The minimum Gasteiger partial charge on any atom is -0.450 e. The number of ether oxygens (including phenoxy) is 1. The number of carbonyl (C=O) groups is 2. The first-order chi connectivity index (χ1) is 13.5. The van der Waals surface area contributed by atoms with Crippen LogP contribution in [0.2, 0.25) is 0 Å². The number of rotatable bonds is 5. The Morgan fingerprint density at radius 2 is 1.73 bits per heavy atom. The van der Waals surface area contributed by atoms with Crippen LogP contribution in [0.25, 0.3) is 0 Å². The zero-order chi connectivity index (χ0) is 20.1. The Bertz CT molecular complexity index is 873. The molecule has 7 nitrogen and oxygen atoms in total. The van der Waals surface area contributed by atoms with Gasteiger partial charge in [0.2, 0.25) is 5.91 Å². The normalized spacial score (nSPS) is 11.9. The summed E-state index contributed by atoms with van der Waals surface area (Å²) in [6.45, 7) is 2.74. The maximum absolute atomic E-state index is 13.2. The molecule has 0 fully saturated rings. The quantitative estimate of drug-likeness (QED) is 0.776. The van der Waals surface area contributed by atoms with Gasteiger partial charge in [0.15, 0.2) is 0 Å².